The molecule has 1 aromatic heterocycles. The van der Waals surface area contributed by atoms with E-state index in [9.17, 15) is 19.8 Å². The third kappa shape index (κ3) is 8.51. The van der Waals surface area contributed by atoms with Crippen molar-refractivity contribution in [3.05, 3.63) is 87.5 Å². The number of phenols is 1. The Labute approximate surface area is 277 Å². The van der Waals surface area contributed by atoms with Crippen LogP contribution in [0.5, 0.6) is 17.2 Å². The van der Waals surface area contributed by atoms with Gasteiger partial charge >= 0.3 is 4.87 Å². The molecule has 4 N–H and O–H groups in total. The molecule has 11 nitrogen and oxygen atoms in total. The number of nitrogens with zero attached hydrogens (tertiary/aromatic N) is 2. The number of aromatic hydroxyl groups is 1. The molecule has 3 aromatic carbocycles. The van der Waals surface area contributed by atoms with Crippen molar-refractivity contribution in [2.45, 2.75) is 37.5 Å². The fourth-order valence-electron chi connectivity index (χ4n) is 6.24. The van der Waals surface area contributed by atoms with E-state index in [1.54, 1.807) is 6.07 Å². The van der Waals surface area contributed by atoms with Crippen LogP contribution in [0.2, 0.25) is 0 Å². The molecule has 0 aliphatic carbocycles. The number of nitrogens with one attached hydrogen (secondary N) is 2. The number of fused-ring (bicyclic) bond motifs is 1. The van der Waals surface area contributed by atoms with Gasteiger partial charge in [-0.15, -0.1) is 0 Å². The molecule has 2 aliphatic heterocycles. The van der Waals surface area contributed by atoms with Gasteiger partial charge in [-0.25, -0.2) is 0 Å². The van der Waals surface area contributed by atoms with Gasteiger partial charge in [0.05, 0.1) is 36.0 Å². The standard InChI is InChI=1S/C35H42N4O7S/c40-29-11-10-28(33-32(29)37-34(43)47-33)30(41)23-36-22-25-6-8-27(9-7-25)45-20-17-38-15-13-35(14-16-38)24-39(18-21-46-35)31(42)12-19-44-26-4-2-1-3-5-26/h1-11,30,36,40-41H,12-24H2,(H,37,43)/t30-/m0/s1. The van der Waals surface area contributed by atoms with Gasteiger partial charge in [0.15, 0.2) is 0 Å². The Hall–Kier alpha value is -3.94. The number of piperidine rings is 1. The van der Waals surface area contributed by atoms with Crippen molar-refractivity contribution in [3.63, 3.8) is 0 Å². The highest BCUT2D eigenvalue weighted by atomic mass is 32.1. The summed E-state index contributed by atoms with van der Waals surface area (Å²) in [6.45, 7) is 6.26. The maximum absolute atomic E-state index is 12.9. The van der Waals surface area contributed by atoms with Crippen LogP contribution in [0.1, 0.15) is 36.5 Å². The van der Waals surface area contributed by atoms with Crippen molar-refractivity contribution in [2.24, 2.45) is 0 Å². The Balaban J connectivity index is 0.877. The van der Waals surface area contributed by atoms with E-state index in [2.05, 4.69) is 15.2 Å². The van der Waals surface area contributed by atoms with Crippen molar-refractivity contribution in [3.8, 4) is 17.2 Å². The summed E-state index contributed by atoms with van der Waals surface area (Å²) in [6, 6.07) is 20.6. The molecular weight excluding hydrogens is 620 g/mol. The third-order valence-corrected chi connectivity index (χ3v) is 9.84. The van der Waals surface area contributed by atoms with Gasteiger partial charge in [0.25, 0.3) is 0 Å². The zero-order valence-corrected chi connectivity index (χ0v) is 27.2. The van der Waals surface area contributed by atoms with Gasteiger partial charge in [-0.05, 0) is 48.7 Å². The van der Waals surface area contributed by atoms with Crippen molar-refractivity contribution in [2.75, 3.05) is 59.1 Å². The molecule has 0 radical (unpaired) electrons. The fourth-order valence-corrected chi connectivity index (χ4v) is 7.15. The number of aromatic amines is 1. The molecule has 2 saturated heterocycles. The van der Waals surface area contributed by atoms with E-state index >= 15 is 0 Å². The molecule has 0 bridgehead atoms. The number of amides is 1. The van der Waals surface area contributed by atoms with E-state index in [0.717, 1.165) is 60.9 Å². The lowest BCUT2D eigenvalue weighted by molar-refractivity contribution is -0.160. The summed E-state index contributed by atoms with van der Waals surface area (Å²) in [5.74, 6) is 1.69. The molecule has 250 valence electrons. The summed E-state index contributed by atoms with van der Waals surface area (Å²) in [7, 11) is 0. The van der Waals surface area contributed by atoms with E-state index < -0.39 is 6.10 Å². The van der Waals surface area contributed by atoms with Gasteiger partial charge in [0.1, 0.15) is 29.4 Å². The van der Waals surface area contributed by atoms with Crippen molar-refractivity contribution in [1.29, 1.82) is 0 Å². The predicted octanol–water partition coefficient (Wildman–Crippen LogP) is 3.66. The summed E-state index contributed by atoms with van der Waals surface area (Å²) < 4.78 is 18.6. The van der Waals surface area contributed by atoms with Crippen LogP contribution in [0.25, 0.3) is 10.2 Å². The van der Waals surface area contributed by atoms with Gasteiger partial charge in [0.2, 0.25) is 5.91 Å². The Morgan fingerprint density at radius 2 is 1.74 bits per heavy atom. The Morgan fingerprint density at radius 3 is 2.53 bits per heavy atom. The molecule has 4 aromatic rings. The molecule has 0 unspecified atom stereocenters. The smallest absolute Gasteiger partial charge is 0.305 e. The van der Waals surface area contributed by atoms with Gasteiger partial charge in [-0.1, -0.05) is 47.7 Å². The number of carbonyl (C=O) groups is 1. The SMILES string of the molecule is O=C(CCOc1ccccc1)N1CCOC2(CCN(CCOc3ccc(CNC[C@H](O)c4ccc(O)c5[nH]c(=O)sc45)cc3)CC2)C1. The molecule has 47 heavy (non-hydrogen) atoms. The first kappa shape index (κ1) is 33.0. The van der Waals surface area contributed by atoms with Gasteiger partial charge in [-0.3, -0.25) is 14.5 Å². The summed E-state index contributed by atoms with van der Waals surface area (Å²) in [4.78, 5) is 31.3. The molecule has 6 rings (SSSR count). The second-order valence-electron chi connectivity index (χ2n) is 12.1. The number of hydrogen-bond acceptors (Lipinski definition) is 10. The number of rotatable bonds is 13. The molecule has 3 heterocycles. The highest BCUT2D eigenvalue weighted by molar-refractivity contribution is 7.16. The van der Waals surface area contributed by atoms with Crippen molar-refractivity contribution < 1.29 is 29.2 Å². The summed E-state index contributed by atoms with van der Waals surface area (Å²) in [5, 5.41) is 24.0. The molecule has 0 saturated carbocycles. The van der Waals surface area contributed by atoms with E-state index in [0.29, 0.717) is 68.2 Å². The number of thiazole rings is 1. The van der Waals surface area contributed by atoms with E-state index in [1.165, 1.54) is 6.07 Å². The third-order valence-electron chi connectivity index (χ3n) is 8.91. The minimum Gasteiger partial charge on any atom is -0.506 e. The number of H-pyrrole nitrogens is 1. The van der Waals surface area contributed by atoms with E-state index in [-0.39, 0.29) is 22.1 Å². The predicted molar refractivity (Wildman–Crippen MR) is 180 cm³/mol. The maximum atomic E-state index is 12.9. The highest BCUT2D eigenvalue weighted by Gasteiger charge is 2.40. The topological polar surface area (TPSA) is 137 Å². The van der Waals surface area contributed by atoms with Crippen molar-refractivity contribution >= 4 is 27.5 Å². The summed E-state index contributed by atoms with van der Waals surface area (Å²) in [6.07, 6.45) is 1.31. The average Bonchev–Trinajstić information content (AvgIpc) is 3.49. The number of carbonyl (C=O) groups excluding carboxylic acids is 1. The summed E-state index contributed by atoms with van der Waals surface area (Å²) >= 11 is 0.978. The lowest BCUT2D eigenvalue weighted by Crippen LogP contribution is -2.58. The molecular formula is C35H42N4O7S. The normalized spacial score (nSPS) is 17.2. The minimum absolute atomic E-state index is 0.00836. The first-order valence-electron chi connectivity index (χ1n) is 16.1. The fraction of sp³-hybridized carbons (Fsp3) is 0.429. The molecule has 2 fully saturated rings. The zero-order valence-electron chi connectivity index (χ0n) is 26.4. The van der Waals surface area contributed by atoms with Crippen LogP contribution < -0.4 is 19.7 Å². The first-order chi connectivity index (χ1) is 22.9. The number of aliphatic hydroxyl groups excluding tert-OH is 1. The second kappa shape index (κ2) is 15.3. The Kier molecular flexibility index (Phi) is 10.7. The van der Waals surface area contributed by atoms with Crippen LogP contribution in [-0.2, 0) is 16.1 Å². The molecule has 1 spiro atoms. The lowest BCUT2D eigenvalue weighted by atomic mass is 9.89. The van der Waals surface area contributed by atoms with Crippen LogP contribution in [0.4, 0.5) is 0 Å². The quantitative estimate of drug-likeness (QED) is 0.169. The largest absolute Gasteiger partial charge is 0.506 e. The number of benzene rings is 3. The van der Waals surface area contributed by atoms with Crippen LogP contribution in [0, 0.1) is 0 Å². The van der Waals surface area contributed by atoms with Crippen molar-refractivity contribution in [1.82, 2.24) is 20.1 Å². The van der Waals surface area contributed by atoms with Gasteiger partial charge in [0, 0.05) is 51.4 Å². The number of aliphatic hydroxyl groups is 1. The van der Waals surface area contributed by atoms with Gasteiger partial charge in [-0.2, -0.15) is 0 Å². The van der Waals surface area contributed by atoms with Crippen LogP contribution in [-0.4, -0.2) is 95.6 Å². The monoisotopic (exact) mass is 662 g/mol. The number of phenolic OH excluding ortho intramolecular Hbond substituents is 1. The number of likely N-dealkylation sites (tertiary alicyclic amines) is 1. The summed E-state index contributed by atoms with van der Waals surface area (Å²) in [5.41, 5.74) is 1.74. The number of morpholine rings is 1. The van der Waals surface area contributed by atoms with E-state index in [1.807, 2.05) is 59.5 Å². The van der Waals surface area contributed by atoms with E-state index in [4.69, 9.17) is 14.2 Å². The van der Waals surface area contributed by atoms with Crippen LogP contribution in [0.3, 0.4) is 0 Å². The average molecular weight is 663 g/mol. The Bertz CT molecular complexity index is 1670. The number of para-hydroxylation sites is 1. The molecule has 1 amide bonds. The highest BCUT2D eigenvalue weighted by Crippen LogP contribution is 2.32. The first-order valence-corrected chi connectivity index (χ1v) is 17.0. The molecule has 2 aliphatic rings. The minimum atomic E-state index is -0.826. The second-order valence-corrected chi connectivity index (χ2v) is 13.1. The molecule has 1 atom stereocenters. The Morgan fingerprint density at radius 1 is 1.00 bits per heavy atom. The zero-order chi connectivity index (χ0) is 32.6. The number of ether oxygens (including phenoxy) is 3. The lowest BCUT2D eigenvalue weighted by Gasteiger charge is -2.47. The van der Waals surface area contributed by atoms with Gasteiger partial charge < -0.3 is 39.6 Å². The maximum Gasteiger partial charge on any atom is 0.305 e. The molecule has 12 heteroatoms. The van der Waals surface area contributed by atoms with Crippen LogP contribution in [0.15, 0.2) is 71.5 Å². The number of hydrogen-bond donors (Lipinski definition) is 4. The number of aromatic nitrogens is 1. The van der Waals surface area contributed by atoms with Crippen LogP contribution >= 0.6 is 11.3 Å².